The summed E-state index contributed by atoms with van der Waals surface area (Å²) in [5.41, 5.74) is 2.62. The highest BCUT2D eigenvalue weighted by molar-refractivity contribution is 7.10. The summed E-state index contributed by atoms with van der Waals surface area (Å²) in [4.78, 5) is 35.3. The van der Waals surface area contributed by atoms with Crippen LogP contribution < -0.4 is 15.0 Å². The van der Waals surface area contributed by atoms with Crippen LogP contribution in [0.15, 0.2) is 66.0 Å². The zero-order valence-electron chi connectivity index (χ0n) is 23.7. The van der Waals surface area contributed by atoms with Crippen LogP contribution in [0.5, 0.6) is 5.75 Å². The number of hydrogen-bond acceptors (Lipinski definition) is 6. The van der Waals surface area contributed by atoms with Crippen molar-refractivity contribution in [2.75, 3.05) is 57.8 Å². The maximum Gasteiger partial charge on any atom is 0.254 e. The van der Waals surface area contributed by atoms with Gasteiger partial charge in [-0.3, -0.25) is 14.5 Å². The third kappa shape index (κ3) is 6.03. The zero-order chi connectivity index (χ0) is 28.1. The first-order valence-electron chi connectivity index (χ1n) is 14.3. The number of para-hydroxylation sites is 2. The zero-order valence-corrected chi connectivity index (χ0v) is 24.5. The Morgan fingerprint density at radius 1 is 1.02 bits per heavy atom. The van der Waals surface area contributed by atoms with Crippen molar-refractivity contribution < 1.29 is 14.3 Å². The van der Waals surface area contributed by atoms with E-state index in [-0.39, 0.29) is 17.9 Å². The van der Waals surface area contributed by atoms with Gasteiger partial charge in [0.1, 0.15) is 5.75 Å². The molecule has 40 heavy (non-hydrogen) atoms. The van der Waals surface area contributed by atoms with Crippen molar-refractivity contribution >= 4 is 28.8 Å². The van der Waals surface area contributed by atoms with E-state index in [0.717, 1.165) is 61.0 Å². The number of amides is 2. The summed E-state index contributed by atoms with van der Waals surface area (Å²) in [5, 5.41) is 5.26. The highest BCUT2D eigenvalue weighted by Crippen LogP contribution is 2.44. The Kier molecular flexibility index (Phi) is 9.07. The SMILES string of the molecule is COc1ccccc1N1CCN(CCCNC(=O)C2c3ccccc3C(=O)N(CC(C)C)C2c2cccs2)CC1. The van der Waals surface area contributed by atoms with E-state index in [2.05, 4.69) is 47.2 Å². The molecule has 2 aromatic carbocycles. The molecule has 212 valence electrons. The highest BCUT2D eigenvalue weighted by Gasteiger charge is 2.44. The number of hydrogen-bond donors (Lipinski definition) is 1. The van der Waals surface area contributed by atoms with Crippen molar-refractivity contribution in [1.29, 1.82) is 0 Å². The number of nitrogens with one attached hydrogen (secondary N) is 1. The van der Waals surface area contributed by atoms with Gasteiger partial charge >= 0.3 is 0 Å². The lowest BCUT2D eigenvalue weighted by atomic mass is 9.81. The van der Waals surface area contributed by atoms with Gasteiger partial charge in [-0.25, -0.2) is 0 Å². The number of anilines is 1. The number of ether oxygens (including phenoxy) is 1. The second-order valence-corrected chi connectivity index (χ2v) is 12.0. The molecule has 8 heteroatoms. The molecule has 0 spiro atoms. The predicted octanol–water partition coefficient (Wildman–Crippen LogP) is 5.02. The van der Waals surface area contributed by atoms with Crippen LogP contribution in [-0.4, -0.2) is 74.5 Å². The first-order valence-corrected chi connectivity index (χ1v) is 15.2. The molecule has 1 fully saturated rings. The second-order valence-electron chi connectivity index (χ2n) is 11.0. The number of carbonyl (C=O) groups is 2. The van der Waals surface area contributed by atoms with Crippen LogP contribution >= 0.6 is 11.3 Å². The lowest BCUT2D eigenvalue weighted by Crippen LogP contribution is -2.49. The van der Waals surface area contributed by atoms with Crippen molar-refractivity contribution in [3.63, 3.8) is 0 Å². The van der Waals surface area contributed by atoms with E-state index in [0.29, 0.717) is 24.6 Å². The predicted molar refractivity (Wildman–Crippen MR) is 161 cm³/mol. The van der Waals surface area contributed by atoms with E-state index in [1.54, 1.807) is 18.4 Å². The Balaban J connectivity index is 1.21. The summed E-state index contributed by atoms with van der Waals surface area (Å²) in [7, 11) is 1.72. The topological polar surface area (TPSA) is 65.1 Å². The molecule has 2 atom stereocenters. The molecular weight excluding hydrogens is 520 g/mol. The molecule has 1 N–H and O–H groups in total. The third-order valence-electron chi connectivity index (χ3n) is 7.87. The molecule has 5 rings (SSSR count). The minimum atomic E-state index is -0.435. The number of nitrogens with zero attached hydrogens (tertiary/aromatic N) is 3. The van der Waals surface area contributed by atoms with E-state index >= 15 is 0 Å². The van der Waals surface area contributed by atoms with Crippen molar-refractivity contribution in [2.24, 2.45) is 5.92 Å². The molecule has 0 radical (unpaired) electrons. The molecule has 0 saturated carbocycles. The molecule has 1 aromatic heterocycles. The molecule has 0 bridgehead atoms. The molecule has 1 saturated heterocycles. The van der Waals surface area contributed by atoms with Gasteiger partial charge < -0.3 is 19.9 Å². The first-order chi connectivity index (χ1) is 19.5. The molecule has 0 aliphatic carbocycles. The summed E-state index contributed by atoms with van der Waals surface area (Å²) in [6.07, 6.45) is 0.882. The minimum absolute atomic E-state index is 0.00639. The fourth-order valence-corrected chi connectivity index (χ4v) is 6.85. The Morgan fingerprint density at radius 2 is 1.77 bits per heavy atom. The van der Waals surface area contributed by atoms with Crippen molar-refractivity contribution in [1.82, 2.24) is 15.1 Å². The quantitative estimate of drug-likeness (QED) is 0.353. The summed E-state index contributed by atoms with van der Waals surface area (Å²) in [6, 6.07) is 19.6. The molecule has 2 aliphatic rings. The van der Waals surface area contributed by atoms with Gasteiger partial charge in [0.25, 0.3) is 5.91 Å². The number of methoxy groups -OCH3 is 1. The van der Waals surface area contributed by atoms with E-state index in [1.807, 2.05) is 52.7 Å². The minimum Gasteiger partial charge on any atom is -0.495 e. The van der Waals surface area contributed by atoms with Crippen molar-refractivity contribution in [2.45, 2.75) is 32.2 Å². The maximum atomic E-state index is 13.8. The smallest absolute Gasteiger partial charge is 0.254 e. The normalized spacial score (nSPS) is 19.6. The van der Waals surface area contributed by atoms with Gasteiger partial charge in [0.2, 0.25) is 5.91 Å². The van der Waals surface area contributed by atoms with E-state index in [1.165, 1.54) is 0 Å². The van der Waals surface area contributed by atoms with Crippen LogP contribution in [0.1, 0.15) is 53.0 Å². The molecule has 7 nitrogen and oxygen atoms in total. The Labute approximate surface area is 241 Å². The summed E-state index contributed by atoms with van der Waals surface area (Å²) in [6.45, 7) is 10.3. The van der Waals surface area contributed by atoms with Gasteiger partial charge in [-0.2, -0.15) is 0 Å². The fourth-order valence-electron chi connectivity index (χ4n) is 5.97. The first kappa shape index (κ1) is 28.2. The number of carbonyl (C=O) groups excluding carboxylic acids is 2. The lowest BCUT2D eigenvalue weighted by Gasteiger charge is -2.42. The molecule has 2 aliphatic heterocycles. The monoisotopic (exact) mass is 560 g/mol. The van der Waals surface area contributed by atoms with Crippen molar-refractivity contribution in [3.8, 4) is 5.75 Å². The molecule has 3 aromatic rings. The highest BCUT2D eigenvalue weighted by atomic mass is 32.1. The standard InChI is InChI=1S/C32H40N4O3S/c1-23(2)22-36-30(28-14-8-21-40-28)29(24-10-4-5-11-25(24)32(36)38)31(37)33-15-9-16-34-17-19-35(20-18-34)26-12-6-7-13-27(26)39-3/h4-8,10-14,21,23,29-30H,9,15-20,22H2,1-3H3,(H,33,37). The fraction of sp³-hybridized carbons (Fsp3) is 0.438. The largest absolute Gasteiger partial charge is 0.495 e. The van der Waals surface area contributed by atoms with Gasteiger partial charge in [-0.05, 0) is 54.1 Å². The Hall–Kier alpha value is -3.36. The average molecular weight is 561 g/mol. The van der Waals surface area contributed by atoms with Crippen molar-refractivity contribution in [3.05, 3.63) is 82.0 Å². The van der Waals surface area contributed by atoms with E-state index in [4.69, 9.17) is 4.74 Å². The van der Waals surface area contributed by atoms with Gasteiger partial charge in [-0.15, -0.1) is 11.3 Å². The summed E-state index contributed by atoms with van der Waals surface area (Å²) in [5.74, 6) is 0.782. The Morgan fingerprint density at radius 3 is 2.50 bits per heavy atom. The third-order valence-corrected chi connectivity index (χ3v) is 8.81. The maximum absolute atomic E-state index is 13.8. The van der Waals surface area contributed by atoms with Crippen LogP contribution in [0, 0.1) is 5.92 Å². The molecule has 3 heterocycles. The number of rotatable bonds is 10. The van der Waals surface area contributed by atoms with Crippen LogP contribution in [0.2, 0.25) is 0 Å². The van der Waals surface area contributed by atoms with E-state index in [9.17, 15) is 9.59 Å². The molecular formula is C32H40N4O3S. The Bertz CT molecular complexity index is 1290. The number of thiophene rings is 1. The average Bonchev–Trinajstić information content (AvgIpc) is 3.51. The summed E-state index contributed by atoms with van der Waals surface area (Å²) < 4.78 is 5.55. The number of benzene rings is 2. The van der Waals surface area contributed by atoms with Crippen LogP contribution in [0.25, 0.3) is 0 Å². The number of fused-ring (bicyclic) bond motifs is 1. The van der Waals surface area contributed by atoms with E-state index < -0.39 is 5.92 Å². The summed E-state index contributed by atoms with van der Waals surface area (Å²) >= 11 is 1.61. The van der Waals surface area contributed by atoms with Crippen LogP contribution in [0.3, 0.4) is 0 Å². The molecule has 2 unspecified atom stereocenters. The second kappa shape index (κ2) is 12.9. The van der Waals surface area contributed by atoms with Gasteiger partial charge in [-0.1, -0.05) is 50.2 Å². The molecule has 2 amide bonds. The van der Waals surface area contributed by atoms with Gasteiger partial charge in [0, 0.05) is 49.7 Å². The van der Waals surface area contributed by atoms with Gasteiger partial charge in [0.15, 0.2) is 0 Å². The lowest BCUT2D eigenvalue weighted by molar-refractivity contribution is -0.124. The van der Waals surface area contributed by atoms with Crippen LogP contribution in [-0.2, 0) is 4.79 Å². The van der Waals surface area contributed by atoms with Gasteiger partial charge in [0.05, 0.1) is 24.8 Å². The van der Waals surface area contributed by atoms with Crippen LogP contribution in [0.4, 0.5) is 5.69 Å². The number of piperazine rings is 1.